The van der Waals surface area contributed by atoms with Crippen molar-refractivity contribution in [2.75, 3.05) is 13.2 Å². The second-order valence-corrected chi connectivity index (χ2v) is 4.91. The smallest absolute Gasteiger partial charge is 0.339 e. The number of carboxylic acids is 1. The summed E-state index contributed by atoms with van der Waals surface area (Å²) < 4.78 is 5.19. The molecule has 20 heavy (non-hydrogen) atoms. The van der Waals surface area contributed by atoms with E-state index in [1.165, 1.54) is 12.1 Å². The Bertz CT molecular complexity index is 505. The highest BCUT2D eigenvalue weighted by Crippen LogP contribution is 2.32. The minimum absolute atomic E-state index is 0.0521. The first-order chi connectivity index (χ1) is 9.45. The van der Waals surface area contributed by atoms with Crippen molar-refractivity contribution in [2.24, 2.45) is 0 Å². The number of aromatic carboxylic acids is 1. The standard InChI is InChI=1S/C13H15Cl2NO4/c1-2-3-4-16-11(17)7-20-12-9(13(18)19)5-8(14)6-10(12)15/h5-6H,2-4,7H2,1H3,(H,16,17)(H,18,19). The van der Waals surface area contributed by atoms with Crippen molar-refractivity contribution in [2.45, 2.75) is 19.8 Å². The molecule has 1 aromatic carbocycles. The van der Waals surface area contributed by atoms with Gasteiger partial charge in [0.2, 0.25) is 0 Å². The second-order valence-electron chi connectivity index (χ2n) is 4.06. The summed E-state index contributed by atoms with van der Waals surface area (Å²) in [5.41, 5.74) is -0.177. The van der Waals surface area contributed by atoms with E-state index in [0.717, 1.165) is 12.8 Å². The number of amides is 1. The Labute approximate surface area is 126 Å². The lowest BCUT2D eigenvalue weighted by molar-refractivity contribution is -0.123. The van der Waals surface area contributed by atoms with Crippen LogP contribution in [-0.4, -0.2) is 30.1 Å². The van der Waals surface area contributed by atoms with Gasteiger partial charge in [-0.15, -0.1) is 0 Å². The van der Waals surface area contributed by atoms with Gasteiger partial charge in [-0.05, 0) is 18.6 Å². The van der Waals surface area contributed by atoms with Crippen molar-refractivity contribution in [3.05, 3.63) is 27.7 Å². The highest BCUT2D eigenvalue weighted by molar-refractivity contribution is 6.36. The molecule has 0 aromatic heterocycles. The van der Waals surface area contributed by atoms with Gasteiger partial charge >= 0.3 is 5.97 Å². The number of hydrogen-bond donors (Lipinski definition) is 2. The molecule has 0 fully saturated rings. The summed E-state index contributed by atoms with van der Waals surface area (Å²) in [6.07, 6.45) is 1.83. The highest BCUT2D eigenvalue weighted by Gasteiger charge is 2.17. The third-order valence-corrected chi connectivity index (χ3v) is 2.94. The Morgan fingerprint density at radius 3 is 2.65 bits per heavy atom. The minimum Gasteiger partial charge on any atom is -0.481 e. The lowest BCUT2D eigenvalue weighted by Gasteiger charge is -2.11. The first-order valence-electron chi connectivity index (χ1n) is 6.07. The molecule has 0 aliphatic carbocycles. The van der Waals surface area contributed by atoms with E-state index in [9.17, 15) is 9.59 Å². The van der Waals surface area contributed by atoms with Gasteiger partial charge in [0.05, 0.1) is 5.02 Å². The molecule has 2 N–H and O–H groups in total. The monoisotopic (exact) mass is 319 g/mol. The van der Waals surface area contributed by atoms with Crippen LogP contribution in [0.5, 0.6) is 5.75 Å². The molecule has 0 saturated carbocycles. The molecule has 0 heterocycles. The number of carboxylic acid groups (broad SMARTS) is 1. The summed E-state index contributed by atoms with van der Waals surface area (Å²) in [5.74, 6) is -1.62. The van der Waals surface area contributed by atoms with Crippen LogP contribution in [0.15, 0.2) is 12.1 Å². The first kappa shape index (κ1) is 16.6. The summed E-state index contributed by atoms with van der Waals surface area (Å²) in [5, 5.41) is 11.9. The maximum absolute atomic E-state index is 11.5. The van der Waals surface area contributed by atoms with Gasteiger partial charge in [0.1, 0.15) is 5.56 Å². The van der Waals surface area contributed by atoms with Gasteiger partial charge in [-0.1, -0.05) is 36.5 Å². The van der Waals surface area contributed by atoms with Crippen LogP contribution < -0.4 is 10.1 Å². The Balaban J connectivity index is 2.72. The van der Waals surface area contributed by atoms with Crippen LogP contribution in [0, 0.1) is 0 Å². The van der Waals surface area contributed by atoms with Gasteiger partial charge in [0, 0.05) is 11.6 Å². The van der Waals surface area contributed by atoms with Crippen LogP contribution in [0.4, 0.5) is 0 Å². The van der Waals surface area contributed by atoms with Crippen molar-refractivity contribution in [1.82, 2.24) is 5.32 Å². The van der Waals surface area contributed by atoms with Gasteiger partial charge in [0.25, 0.3) is 5.91 Å². The van der Waals surface area contributed by atoms with E-state index in [1.807, 2.05) is 6.92 Å². The zero-order chi connectivity index (χ0) is 15.1. The van der Waals surface area contributed by atoms with E-state index >= 15 is 0 Å². The zero-order valence-electron chi connectivity index (χ0n) is 10.9. The maximum atomic E-state index is 11.5. The van der Waals surface area contributed by atoms with Crippen molar-refractivity contribution < 1.29 is 19.4 Å². The molecule has 110 valence electrons. The lowest BCUT2D eigenvalue weighted by atomic mass is 10.2. The summed E-state index contributed by atoms with van der Waals surface area (Å²) in [6.45, 7) is 2.26. The van der Waals surface area contributed by atoms with Crippen LogP contribution in [0.3, 0.4) is 0 Å². The average Bonchev–Trinajstić information content (AvgIpc) is 2.37. The normalized spacial score (nSPS) is 10.2. The molecule has 5 nitrogen and oxygen atoms in total. The average molecular weight is 320 g/mol. The number of benzene rings is 1. The van der Waals surface area contributed by atoms with Gasteiger partial charge < -0.3 is 15.2 Å². The van der Waals surface area contributed by atoms with Gasteiger partial charge in [-0.2, -0.15) is 0 Å². The lowest BCUT2D eigenvalue weighted by Crippen LogP contribution is -2.29. The third kappa shape index (κ3) is 4.90. The van der Waals surface area contributed by atoms with Crippen molar-refractivity contribution in [3.63, 3.8) is 0 Å². The van der Waals surface area contributed by atoms with Gasteiger partial charge in [-0.3, -0.25) is 4.79 Å². The SMILES string of the molecule is CCCCNC(=O)COc1c(Cl)cc(Cl)cc1C(=O)O. The minimum atomic E-state index is -1.23. The largest absolute Gasteiger partial charge is 0.481 e. The van der Waals surface area contributed by atoms with Crippen LogP contribution in [0.2, 0.25) is 10.0 Å². The van der Waals surface area contributed by atoms with Gasteiger partial charge in [-0.25, -0.2) is 4.79 Å². The fourth-order valence-corrected chi connectivity index (χ4v) is 2.01. The first-order valence-corrected chi connectivity index (χ1v) is 6.83. The molecule has 0 unspecified atom stereocenters. The molecular weight excluding hydrogens is 305 g/mol. The number of ether oxygens (including phenoxy) is 1. The molecule has 1 aromatic rings. The van der Waals surface area contributed by atoms with Crippen LogP contribution in [-0.2, 0) is 4.79 Å². The summed E-state index contributed by atoms with van der Waals surface area (Å²) in [7, 11) is 0. The van der Waals surface area contributed by atoms with Crippen LogP contribution >= 0.6 is 23.2 Å². The predicted octanol–water partition coefficient (Wildman–Crippen LogP) is 2.99. The number of nitrogens with one attached hydrogen (secondary N) is 1. The Morgan fingerprint density at radius 1 is 1.35 bits per heavy atom. The van der Waals surface area contributed by atoms with E-state index in [-0.39, 0.29) is 33.9 Å². The molecule has 0 aliphatic heterocycles. The number of halogens is 2. The highest BCUT2D eigenvalue weighted by atomic mass is 35.5. The fourth-order valence-electron chi connectivity index (χ4n) is 1.46. The Kier molecular flexibility index (Phi) is 6.61. The molecule has 0 spiro atoms. The molecule has 0 atom stereocenters. The van der Waals surface area contributed by atoms with E-state index in [2.05, 4.69) is 5.32 Å². The molecule has 0 saturated heterocycles. The Hall–Kier alpha value is -1.46. The number of hydrogen-bond acceptors (Lipinski definition) is 3. The molecule has 1 rings (SSSR count). The summed E-state index contributed by atoms with van der Waals surface area (Å²) in [4.78, 5) is 22.6. The van der Waals surface area contributed by atoms with Crippen LogP contribution in [0.1, 0.15) is 30.1 Å². The zero-order valence-corrected chi connectivity index (χ0v) is 12.4. The molecule has 0 bridgehead atoms. The topological polar surface area (TPSA) is 75.6 Å². The summed E-state index contributed by atoms with van der Waals surface area (Å²) in [6, 6.07) is 2.58. The fraction of sp³-hybridized carbons (Fsp3) is 0.385. The Morgan fingerprint density at radius 2 is 2.05 bits per heavy atom. The van der Waals surface area contributed by atoms with Crippen molar-refractivity contribution >= 4 is 35.1 Å². The maximum Gasteiger partial charge on any atom is 0.339 e. The molecular formula is C13H15Cl2NO4. The van der Waals surface area contributed by atoms with E-state index in [4.69, 9.17) is 33.0 Å². The molecule has 0 aliphatic rings. The summed E-state index contributed by atoms with van der Waals surface area (Å²) >= 11 is 11.6. The number of rotatable bonds is 7. The predicted molar refractivity (Wildman–Crippen MR) is 76.8 cm³/mol. The van der Waals surface area contributed by atoms with Crippen molar-refractivity contribution in [3.8, 4) is 5.75 Å². The number of unbranched alkanes of at least 4 members (excludes halogenated alkanes) is 1. The molecule has 0 radical (unpaired) electrons. The number of carbonyl (C=O) groups excluding carboxylic acids is 1. The second kappa shape index (κ2) is 7.97. The van der Waals surface area contributed by atoms with E-state index < -0.39 is 5.97 Å². The van der Waals surface area contributed by atoms with E-state index in [1.54, 1.807) is 0 Å². The third-order valence-electron chi connectivity index (χ3n) is 2.44. The van der Waals surface area contributed by atoms with Crippen molar-refractivity contribution in [1.29, 1.82) is 0 Å². The number of carbonyl (C=O) groups is 2. The molecule has 1 amide bonds. The molecule has 7 heteroatoms. The van der Waals surface area contributed by atoms with E-state index in [0.29, 0.717) is 6.54 Å². The van der Waals surface area contributed by atoms with Gasteiger partial charge in [0.15, 0.2) is 12.4 Å². The quantitative estimate of drug-likeness (QED) is 0.757. The van der Waals surface area contributed by atoms with Crippen LogP contribution in [0.25, 0.3) is 0 Å².